The second kappa shape index (κ2) is 13.0. The van der Waals surface area contributed by atoms with Gasteiger partial charge in [-0.3, -0.25) is 11.3 Å². The highest BCUT2D eigenvalue weighted by Gasteiger charge is 2.29. The van der Waals surface area contributed by atoms with Crippen molar-refractivity contribution in [2.24, 2.45) is 23.6 Å². The van der Waals surface area contributed by atoms with Crippen LogP contribution in [0.3, 0.4) is 0 Å². The van der Waals surface area contributed by atoms with Crippen LogP contribution in [0.4, 0.5) is 0 Å². The van der Waals surface area contributed by atoms with Gasteiger partial charge in [-0.2, -0.15) is 0 Å². The number of hydrogen-bond acceptors (Lipinski definition) is 4. The van der Waals surface area contributed by atoms with Gasteiger partial charge in [-0.15, -0.1) is 16.9 Å². The van der Waals surface area contributed by atoms with Crippen LogP contribution in [0, 0.1) is 23.4 Å². The minimum absolute atomic E-state index is 0.196. The highest BCUT2D eigenvalue weighted by atomic mass is 32.1. The van der Waals surface area contributed by atoms with E-state index < -0.39 is 5.97 Å². The largest absolute Gasteiger partial charge is 0.478 e. The van der Waals surface area contributed by atoms with E-state index in [9.17, 15) is 9.90 Å². The van der Waals surface area contributed by atoms with Gasteiger partial charge in [0.1, 0.15) is 0 Å². The molecule has 1 saturated carbocycles. The van der Waals surface area contributed by atoms with E-state index in [0.29, 0.717) is 23.5 Å². The Hall–Kier alpha value is -1.85. The number of nitrogens with two attached hydrogens (primary N) is 1. The van der Waals surface area contributed by atoms with Crippen molar-refractivity contribution in [3.05, 3.63) is 47.2 Å². The van der Waals surface area contributed by atoms with Gasteiger partial charge >= 0.3 is 5.97 Å². The zero-order valence-corrected chi connectivity index (χ0v) is 20.8. The van der Waals surface area contributed by atoms with Crippen LogP contribution in [-0.4, -0.2) is 40.9 Å². The van der Waals surface area contributed by atoms with E-state index in [-0.39, 0.29) is 5.92 Å². The summed E-state index contributed by atoms with van der Waals surface area (Å²) in [7, 11) is 0. The Bertz CT molecular complexity index is 794. The maximum atomic E-state index is 12.0. The first-order valence-corrected chi connectivity index (χ1v) is 12.8. The molecule has 0 aromatic rings. The van der Waals surface area contributed by atoms with E-state index in [1.54, 1.807) is 0 Å². The third-order valence-electron chi connectivity index (χ3n) is 6.96. The number of nitrogens with one attached hydrogen (secondary N) is 1. The van der Waals surface area contributed by atoms with Gasteiger partial charge in [-0.25, -0.2) is 4.79 Å². The van der Waals surface area contributed by atoms with E-state index in [0.717, 1.165) is 55.7 Å². The predicted octanol–water partition coefficient (Wildman–Crippen LogP) is 5.10. The van der Waals surface area contributed by atoms with E-state index >= 15 is 0 Å². The van der Waals surface area contributed by atoms with Gasteiger partial charge in [-0.1, -0.05) is 31.7 Å². The van der Waals surface area contributed by atoms with Gasteiger partial charge < -0.3 is 10.0 Å². The lowest BCUT2D eigenvalue weighted by Gasteiger charge is -2.43. The first-order chi connectivity index (χ1) is 15.3. The number of likely N-dealkylation sites (tertiary alicyclic amines) is 1. The molecule has 0 spiro atoms. The molecule has 1 atom stereocenters. The fraction of sp³-hybridized carbons (Fsp3) is 0.615. The number of carboxylic acid groups (broad SMARTS) is 1. The molecular weight excluding hydrogens is 418 g/mol. The van der Waals surface area contributed by atoms with Crippen LogP contribution in [0.25, 0.3) is 0 Å². The molecule has 6 heteroatoms. The molecule has 4 N–H and O–H groups in total. The lowest BCUT2D eigenvalue weighted by atomic mass is 9.83. The summed E-state index contributed by atoms with van der Waals surface area (Å²) in [5.74, 6) is 6.84. The zero-order chi connectivity index (χ0) is 23.7. The van der Waals surface area contributed by atoms with Crippen molar-refractivity contribution in [2.45, 2.75) is 65.3 Å². The van der Waals surface area contributed by atoms with Crippen LogP contribution in [0.1, 0.15) is 59.3 Å². The summed E-state index contributed by atoms with van der Waals surface area (Å²) < 4.78 is 0. The van der Waals surface area contributed by atoms with Crippen molar-refractivity contribution in [1.82, 2.24) is 10.3 Å². The average molecular weight is 460 g/mol. The molecule has 0 amide bonds. The molecule has 2 rings (SSSR count). The molecule has 5 nitrogen and oxygen atoms in total. The summed E-state index contributed by atoms with van der Waals surface area (Å²) in [5, 5.41) is 9.84. The Labute approximate surface area is 198 Å². The zero-order valence-electron chi connectivity index (χ0n) is 20.0. The highest BCUT2D eigenvalue weighted by Crippen LogP contribution is 2.33. The predicted molar refractivity (Wildman–Crippen MR) is 136 cm³/mol. The molecule has 2 aliphatic rings. The third-order valence-corrected chi connectivity index (χ3v) is 7.65. The van der Waals surface area contributed by atoms with Gasteiger partial charge in [0.2, 0.25) is 0 Å². The Morgan fingerprint density at radius 3 is 2.50 bits per heavy atom. The second-order valence-corrected chi connectivity index (χ2v) is 10.1. The van der Waals surface area contributed by atoms with Gasteiger partial charge in [0.05, 0.1) is 5.57 Å². The molecule has 0 bridgehead atoms. The van der Waals surface area contributed by atoms with Crippen LogP contribution in [0.5, 0.6) is 0 Å². The minimum Gasteiger partial charge on any atom is -0.478 e. The summed E-state index contributed by atoms with van der Waals surface area (Å²) in [6, 6.07) is 0.464. The van der Waals surface area contributed by atoms with Crippen molar-refractivity contribution in [3.63, 3.8) is 0 Å². The number of aliphatic carboxylic acids is 1. The van der Waals surface area contributed by atoms with Gasteiger partial charge in [0.15, 0.2) is 0 Å². The lowest BCUT2D eigenvalue weighted by Crippen LogP contribution is -2.45. The van der Waals surface area contributed by atoms with E-state index in [1.807, 2.05) is 32.1 Å². The maximum absolute atomic E-state index is 12.0. The maximum Gasteiger partial charge on any atom is 0.335 e. The van der Waals surface area contributed by atoms with Gasteiger partial charge in [0, 0.05) is 30.6 Å². The molecular formula is C26H41N3O2S. The summed E-state index contributed by atoms with van der Waals surface area (Å²) >= 11 is 1.29. The smallest absolute Gasteiger partial charge is 0.335 e. The average Bonchev–Trinajstić information content (AvgIpc) is 2.73. The van der Waals surface area contributed by atoms with Crippen LogP contribution in [0.2, 0.25) is 0 Å². The number of nitrogens with zero attached hydrogens (tertiary/aromatic N) is 1. The molecule has 1 aliphatic heterocycles. The van der Waals surface area contributed by atoms with Crippen LogP contribution < -0.4 is 11.3 Å². The number of rotatable bonds is 11. The summed E-state index contributed by atoms with van der Waals surface area (Å²) in [5.41, 5.74) is 12.1. The van der Waals surface area contributed by atoms with E-state index in [4.69, 9.17) is 11.5 Å². The van der Waals surface area contributed by atoms with Gasteiger partial charge in [0.25, 0.3) is 0 Å². The van der Waals surface area contributed by atoms with Crippen molar-refractivity contribution in [2.75, 3.05) is 18.8 Å². The van der Waals surface area contributed by atoms with Crippen LogP contribution in [-0.2, 0) is 4.79 Å². The van der Waals surface area contributed by atoms with E-state index in [1.165, 1.54) is 29.7 Å². The highest BCUT2D eigenvalue weighted by molar-refractivity contribution is 7.88. The molecule has 32 heavy (non-hydrogen) atoms. The number of hydrogen-bond donors (Lipinski definition) is 3. The third kappa shape index (κ3) is 7.35. The summed E-state index contributed by atoms with van der Waals surface area (Å²) in [4.78, 5) is 14.4. The van der Waals surface area contributed by atoms with Crippen molar-refractivity contribution < 1.29 is 9.90 Å². The number of hydrazine groups is 1. The van der Waals surface area contributed by atoms with Crippen LogP contribution in [0.15, 0.2) is 47.2 Å². The number of carboxylic acids is 1. The molecule has 0 aromatic carbocycles. The molecule has 0 radical (unpaired) electrons. The molecule has 0 unspecified atom stereocenters. The van der Waals surface area contributed by atoms with Crippen molar-refractivity contribution in [3.8, 4) is 5.69 Å². The lowest BCUT2D eigenvalue weighted by molar-refractivity contribution is -0.132. The fourth-order valence-electron chi connectivity index (χ4n) is 4.89. The molecule has 1 saturated heterocycles. The fourth-order valence-corrected chi connectivity index (χ4v) is 5.35. The Kier molecular flexibility index (Phi) is 10.7. The Morgan fingerprint density at radius 1 is 1.31 bits per heavy atom. The Balaban J connectivity index is 1.92. The molecule has 1 aliphatic carbocycles. The topological polar surface area (TPSA) is 78.6 Å². The van der Waals surface area contributed by atoms with Crippen molar-refractivity contribution >= 4 is 17.1 Å². The standard InChI is InChI=1S/C26H41N3O2S/c1-6-7-24(18(2)17-32-5)20(4)25(26(30)31)13-10-22-15-29(16-22)19(3)14-21-8-11-23(28-27)12-9-21/h5-7,13,18,21-23,28H,3,8-12,14-17,27H2,1-2,4H3,(H,30,31)/b7-6-,24-20+,25-13-/t18-,21?,23?/m0/s1. The molecule has 2 fully saturated rings. The summed E-state index contributed by atoms with van der Waals surface area (Å²) in [6.45, 7) is 12.2. The number of allylic oxidation sites excluding steroid dienone is 5. The minimum atomic E-state index is -0.861. The monoisotopic (exact) mass is 459 g/mol. The first kappa shape index (κ1) is 26.4. The van der Waals surface area contributed by atoms with Gasteiger partial charge in [-0.05, 0) is 81.3 Å². The first-order valence-electron chi connectivity index (χ1n) is 11.8. The van der Waals surface area contributed by atoms with Crippen LogP contribution >= 0.6 is 11.2 Å². The van der Waals surface area contributed by atoms with E-state index in [2.05, 4.69) is 23.8 Å². The SMILES string of the molecule is C#SC[C@H](C)C(/C=C\C)=C(C)/C(=C/CC1CN(C(=C)CC2CCC(NN)CC2)C1)C(=O)O. The molecule has 0 aromatic heterocycles. The number of carbonyl (C=O) groups is 1. The second-order valence-electron chi connectivity index (χ2n) is 9.40. The quantitative estimate of drug-likeness (QED) is 0.173. The van der Waals surface area contributed by atoms with Crippen molar-refractivity contribution in [1.29, 1.82) is 0 Å². The normalized spacial score (nSPS) is 24.1. The Morgan fingerprint density at radius 2 is 1.97 bits per heavy atom. The molecule has 1 heterocycles. The molecule has 178 valence electrons. The summed E-state index contributed by atoms with van der Waals surface area (Å²) in [6.07, 6.45) is 12.4.